The fourth-order valence-electron chi connectivity index (χ4n) is 2.93. The molecule has 0 bridgehead atoms. The maximum atomic E-state index is 12.8. The van der Waals surface area contributed by atoms with Gasteiger partial charge in [0, 0.05) is 5.56 Å². The monoisotopic (exact) mass is 468 g/mol. The zero-order chi connectivity index (χ0) is 23.8. The number of benzene rings is 3. The van der Waals surface area contributed by atoms with E-state index in [-0.39, 0.29) is 28.7 Å². The normalized spacial score (nSPS) is 11.2. The van der Waals surface area contributed by atoms with Crippen molar-refractivity contribution >= 4 is 22.2 Å². The summed E-state index contributed by atoms with van der Waals surface area (Å²) in [5.74, 6) is 0.470. The molecule has 0 saturated heterocycles. The van der Waals surface area contributed by atoms with Gasteiger partial charge in [-0.15, -0.1) is 0 Å². The van der Waals surface area contributed by atoms with E-state index in [4.69, 9.17) is 13.7 Å². The summed E-state index contributed by atoms with van der Waals surface area (Å²) in [5, 5.41) is 3.94. The average molecular weight is 469 g/mol. The van der Waals surface area contributed by atoms with Crippen LogP contribution in [0, 0.1) is 6.92 Å². The number of amides is 1. The van der Waals surface area contributed by atoms with Gasteiger partial charge in [0.05, 0.1) is 26.9 Å². The minimum absolute atomic E-state index is 0.00786. The maximum absolute atomic E-state index is 12.8. The van der Waals surface area contributed by atoms with E-state index in [1.807, 2.05) is 6.92 Å². The summed E-state index contributed by atoms with van der Waals surface area (Å²) in [6, 6.07) is 18.2. The lowest BCUT2D eigenvalue weighted by Gasteiger charge is -2.13. The van der Waals surface area contributed by atoms with Crippen LogP contribution in [0.5, 0.6) is 17.2 Å². The van der Waals surface area contributed by atoms with Crippen LogP contribution in [0.25, 0.3) is 0 Å². The van der Waals surface area contributed by atoms with Crippen LogP contribution < -0.4 is 19.1 Å². The Bertz CT molecular complexity index is 1250. The van der Waals surface area contributed by atoms with E-state index in [2.05, 4.69) is 10.5 Å². The summed E-state index contributed by atoms with van der Waals surface area (Å²) in [6.07, 6.45) is 1.39. The zero-order valence-electron chi connectivity index (χ0n) is 18.4. The number of ether oxygens (including phenoxy) is 2. The topological polar surface area (TPSA) is 103 Å². The van der Waals surface area contributed by atoms with Crippen LogP contribution in [0.15, 0.2) is 76.7 Å². The number of aryl methyl sites for hydroxylation is 1. The molecule has 3 rings (SSSR count). The third-order valence-electron chi connectivity index (χ3n) is 4.62. The maximum Gasteiger partial charge on any atom is 0.339 e. The number of methoxy groups -OCH3 is 2. The molecule has 0 aromatic heterocycles. The van der Waals surface area contributed by atoms with Crippen LogP contribution in [0.3, 0.4) is 0 Å². The predicted octanol–water partition coefficient (Wildman–Crippen LogP) is 3.47. The van der Waals surface area contributed by atoms with Gasteiger partial charge in [0.15, 0.2) is 11.5 Å². The molecule has 172 valence electrons. The lowest BCUT2D eigenvalue weighted by Crippen LogP contribution is -2.20. The van der Waals surface area contributed by atoms with Crippen molar-refractivity contribution < 1.29 is 26.9 Å². The summed E-state index contributed by atoms with van der Waals surface area (Å²) in [4.78, 5) is 12.2. The summed E-state index contributed by atoms with van der Waals surface area (Å²) in [7, 11) is -1.16. The second-order valence-electron chi connectivity index (χ2n) is 7.05. The third-order valence-corrected chi connectivity index (χ3v) is 5.86. The number of hydrogen-bond acceptors (Lipinski definition) is 7. The molecule has 1 N–H and O–H groups in total. The molecule has 0 atom stereocenters. The molecule has 33 heavy (non-hydrogen) atoms. The van der Waals surface area contributed by atoms with Crippen LogP contribution in [0.1, 0.15) is 16.7 Å². The van der Waals surface area contributed by atoms with Crippen LogP contribution in [0.2, 0.25) is 0 Å². The average Bonchev–Trinajstić information content (AvgIpc) is 2.80. The Morgan fingerprint density at radius 2 is 1.73 bits per heavy atom. The predicted molar refractivity (Wildman–Crippen MR) is 124 cm³/mol. The third kappa shape index (κ3) is 6.33. The van der Waals surface area contributed by atoms with Crippen molar-refractivity contribution in [3.63, 3.8) is 0 Å². The molecule has 0 unspecified atom stereocenters. The van der Waals surface area contributed by atoms with E-state index >= 15 is 0 Å². The second-order valence-corrected chi connectivity index (χ2v) is 8.60. The summed E-state index contributed by atoms with van der Waals surface area (Å²) in [5.41, 5.74) is 4.42. The quantitative estimate of drug-likeness (QED) is 0.293. The molecule has 9 heteroatoms. The highest BCUT2D eigenvalue weighted by Crippen LogP contribution is 2.32. The van der Waals surface area contributed by atoms with E-state index in [0.29, 0.717) is 11.3 Å². The molecule has 3 aromatic carbocycles. The molecule has 1 amide bonds. The van der Waals surface area contributed by atoms with Crippen LogP contribution in [-0.4, -0.2) is 34.8 Å². The van der Waals surface area contributed by atoms with Gasteiger partial charge in [-0.05, 0) is 48.9 Å². The van der Waals surface area contributed by atoms with Crippen molar-refractivity contribution in [3.05, 3.63) is 83.4 Å². The molecule has 0 radical (unpaired) electrons. The molecule has 0 spiro atoms. The largest absolute Gasteiger partial charge is 0.497 e. The van der Waals surface area contributed by atoms with Crippen LogP contribution >= 0.6 is 0 Å². The molecule has 0 heterocycles. The van der Waals surface area contributed by atoms with E-state index < -0.39 is 10.1 Å². The number of nitrogens with zero attached hydrogens (tertiary/aromatic N) is 1. The molecule has 0 aliphatic rings. The number of carbonyl (C=O) groups excluding carboxylic acids is 1. The van der Waals surface area contributed by atoms with Gasteiger partial charge in [-0.25, -0.2) is 5.43 Å². The lowest BCUT2D eigenvalue weighted by molar-refractivity contribution is -0.120. The Balaban J connectivity index is 1.77. The highest BCUT2D eigenvalue weighted by molar-refractivity contribution is 7.87. The Kier molecular flexibility index (Phi) is 7.68. The van der Waals surface area contributed by atoms with Gasteiger partial charge in [0.25, 0.3) is 0 Å². The Labute approximate surface area is 192 Å². The van der Waals surface area contributed by atoms with Gasteiger partial charge in [-0.1, -0.05) is 35.9 Å². The standard InChI is InChI=1S/C24H24N2O6S/c1-17-10-12-21(13-11-17)33(28,29)32-24-19(7-5-9-22(24)31-3)16-25-26-23(27)15-18-6-4-8-20(14-18)30-2/h4-14,16H,15H2,1-3H3,(H,26,27)/b25-16+. The van der Waals surface area contributed by atoms with Crippen molar-refractivity contribution in [3.8, 4) is 17.2 Å². The summed E-state index contributed by atoms with van der Waals surface area (Å²) >= 11 is 0. The van der Waals surface area contributed by atoms with Crippen LogP contribution in [-0.2, 0) is 21.3 Å². The fraction of sp³-hybridized carbons (Fsp3) is 0.167. The van der Waals surface area contributed by atoms with E-state index in [1.54, 1.807) is 61.7 Å². The molecular formula is C24H24N2O6S. The SMILES string of the molecule is COc1cccc(CC(=O)N/N=C/c2cccc(OC)c2OS(=O)(=O)c2ccc(C)cc2)c1. The molecule has 0 fully saturated rings. The highest BCUT2D eigenvalue weighted by atomic mass is 32.2. The van der Waals surface area contributed by atoms with Gasteiger partial charge in [0.2, 0.25) is 5.91 Å². The Hall–Kier alpha value is -3.85. The number of rotatable bonds is 9. The fourth-order valence-corrected chi connectivity index (χ4v) is 3.89. The number of nitrogens with one attached hydrogen (secondary N) is 1. The van der Waals surface area contributed by atoms with Gasteiger partial charge in [-0.3, -0.25) is 4.79 Å². The first-order valence-electron chi connectivity index (χ1n) is 9.95. The van der Waals surface area contributed by atoms with Crippen molar-refractivity contribution in [1.82, 2.24) is 5.43 Å². The van der Waals surface area contributed by atoms with E-state index in [0.717, 1.165) is 11.1 Å². The number of para-hydroxylation sites is 1. The summed E-state index contributed by atoms with van der Waals surface area (Å²) < 4.78 is 41.3. The highest BCUT2D eigenvalue weighted by Gasteiger charge is 2.21. The first-order valence-corrected chi connectivity index (χ1v) is 11.4. The van der Waals surface area contributed by atoms with E-state index in [1.165, 1.54) is 25.5 Å². The minimum atomic E-state index is -4.11. The Morgan fingerprint density at radius 1 is 1.00 bits per heavy atom. The van der Waals surface area contributed by atoms with Crippen molar-refractivity contribution in [2.24, 2.45) is 5.10 Å². The molecule has 0 saturated carbocycles. The smallest absolute Gasteiger partial charge is 0.339 e. The molecular weight excluding hydrogens is 444 g/mol. The lowest BCUT2D eigenvalue weighted by atomic mass is 10.1. The minimum Gasteiger partial charge on any atom is -0.497 e. The number of hydrogen-bond donors (Lipinski definition) is 1. The number of carbonyl (C=O) groups is 1. The van der Waals surface area contributed by atoms with Crippen molar-refractivity contribution in [2.75, 3.05) is 14.2 Å². The molecule has 3 aromatic rings. The molecule has 0 aliphatic carbocycles. The van der Waals surface area contributed by atoms with Gasteiger partial charge >= 0.3 is 10.1 Å². The Morgan fingerprint density at radius 3 is 2.42 bits per heavy atom. The summed E-state index contributed by atoms with van der Waals surface area (Å²) in [6.45, 7) is 1.86. The first kappa shape index (κ1) is 23.8. The van der Waals surface area contributed by atoms with Crippen molar-refractivity contribution in [1.29, 1.82) is 0 Å². The first-order chi connectivity index (χ1) is 15.8. The molecule has 0 aliphatic heterocycles. The van der Waals surface area contributed by atoms with Crippen molar-refractivity contribution in [2.45, 2.75) is 18.2 Å². The second kappa shape index (κ2) is 10.6. The number of hydrazone groups is 1. The van der Waals surface area contributed by atoms with Gasteiger partial charge in [0.1, 0.15) is 10.6 Å². The zero-order valence-corrected chi connectivity index (χ0v) is 19.3. The molecule has 8 nitrogen and oxygen atoms in total. The van der Waals surface area contributed by atoms with Gasteiger partial charge < -0.3 is 13.7 Å². The van der Waals surface area contributed by atoms with E-state index in [9.17, 15) is 13.2 Å². The van der Waals surface area contributed by atoms with Gasteiger partial charge in [-0.2, -0.15) is 13.5 Å². The van der Waals surface area contributed by atoms with Crippen LogP contribution in [0.4, 0.5) is 0 Å².